The molecule has 5 nitrogen and oxygen atoms in total. The Morgan fingerprint density at radius 1 is 1.36 bits per heavy atom. The van der Waals surface area contributed by atoms with Crippen LogP contribution in [0.4, 0.5) is 13.2 Å². The van der Waals surface area contributed by atoms with Crippen molar-refractivity contribution in [1.82, 2.24) is 19.5 Å². The SMILES string of the molecule is C[C@@H]1CCCCN1C(=O)c1nn2c(C(F)(F)F)cc(-c3cccs3)nc2c1Br. The summed E-state index contributed by atoms with van der Waals surface area (Å²) in [5.41, 5.74) is -0.838. The Kier molecular flexibility index (Phi) is 4.95. The molecule has 148 valence electrons. The van der Waals surface area contributed by atoms with Crippen molar-refractivity contribution in [2.45, 2.75) is 38.4 Å². The average Bonchev–Trinajstić information content (AvgIpc) is 3.29. The van der Waals surface area contributed by atoms with E-state index in [4.69, 9.17) is 0 Å². The third-order valence-corrected chi connectivity index (χ3v) is 6.49. The topological polar surface area (TPSA) is 50.5 Å². The van der Waals surface area contributed by atoms with Crippen LogP contribution in [0, 0.1) is 0 Å². The van der Waals surface area contributed by atoms with Crippen molar-refractivity contribution in [1.29, 1.82) is 0 Å². The number of hydrogen-bond donors (Lipinski definition) is 0. The molecule has 0 bridgehead atoms. The van der Waals surface area contributed by atoms with Crippen LogP contribution in [0.5, 0.6) is 0 Å². The van der Waals surface area contributed by atoms with Crippen LogP contribution >= 0.6 is 27.3 Å². The molecule has 1 amide bonds. The van der Waals surface area contributed by atoms with Gasteiger partial charge in [-0.3, -0.25) is 4.79 Å². The first-order chi connectivity index (χ1) is 13.3. The molecule has 0 aromatic carbocycles. The second-order valence-electron chi connectivity index (χ2n) is 6.74. The number of rotatable bonds is 2. The lowest BCUT2D eigenvalue weighted by molar-refractivity contribution is -0.142. The predicted octanol–water partition coefficient (Wildman–Crippen LogP) is 5.25. The van der Waals surface area contributed by atoms with Crippen molar-refractivity contribution in [3.63, 3.8) is 0 Å². The minimum Gasteiger partial charge on any atom is -0.335 e. The molecular formula is C18H16BrF3N4OS. The van der Waals surface area contributed by atoms with Gasteiger partial charge in [-0.2, -0.15) is 18.3 Å². The van der Waals surface area contributed by atoms with E-state index >= 15 is 0 Å². The molecule has 0 N–H and O–H groups in total. The van der Waals surface area contributed by atoms with Gasteiger partial charge in [-0.1, -0.05) is 6.07 Å². The van der Waals surface area contributed by atoms with Crippen LogP contribution in [-0.4, -0.2) is 38.0 Å². The summed E-state index contributed by atoms with van der Waals surface area (Å²) >= 11 is 4.58. The van der Waals surface area contributed by atoms with E-state index in [1.54, 1.807) is 22.4 Å². The Hall–Kier alpha value is -1.94. The lowest BCUT2D eigenvalue weighted by Crippen LogP contribution is -2.42. The van der Waals surface area contributed by atoms with Crippen molar-refractivity contribution < 1.29 is 18.0 Å². The van der Waals surface area contributed by atoms with E-state index in [-0.39, 0.29) is 33.5 Å². The molecule has 1 aliphatic heterocycles. The monoisotopic (exact) mass is 472 g/mol. The molecule has 0 aliphatic carbocycles. The summed E-state index contributed by atoms with van der Waals surface area (Å²) in [5.74, 6) is -0.379. The van der Waals surface area contributed by atoms with Gasteiger partial charge in [-0.05, 0) is 59.6 Å². The highest BCUT2D eigenvalue weighted by molar-refractivity contribution is 9.10. The number of nitrogens with zero attached hydrogens (tertiary/aromatic N) is 4. The van der Waals surface area contributed by atoms with Crippen LogP contribution in [0.25, 0.3) is 16.2 Å². The van der Waals surface area contributed by atoms with Crippen molar-refractivity contribution in [3.05, 3.63) is 39.4 Å². The first-order valence-electron chi connectivity index (χ1n) is 8.78. The summed E-state index contributed by atoms with van der Waals surface area (Å²) in [6.45, 7) is 2.51. The van der Waals surface area contributed by atoms with Gasteiger partial charge in [0.2, 0.25) is 0 Å². The summed E-state index contributed by atoms with van der Waals surface area (Å²) in [6.07, 6.45) is -1.88. The predicted molar refractivity (Wildman–Crippen MR) is 103 cm³/mol. The van der Waals surface area contributed by atoms with E-state index in [0.717, 1.165) is 25.3 Å². The second kappa shape index (κ2) is 7.14. The van der Waals surface area contributed by atoms with Gasteiger partial charge in [0.25, 0.3) is 5.91 Å². The van der Waals surface area contributed by atoms with Crippen LogP contribution in [0.15, 0.2) is 28.1 Å². The quantitative estimate of drug-likeness (QED) is 0.511. The summed E-state index contributed by atoms with van der Waals surface area (Å²) in [4.78, 5) is 19.6. The minimum absolute atomic E-state index is 0.0220. The van der Waals surface area contributed by atoms with E-state index in [1.165, 1.54) is 11.3 Å². The molecule has 1 atom stereocenters. The number of piperidine rings is 1. The number of carbonyl (C=O) groups is 1. The van der Waals surface area contributed by atoms with Crippen molar-refractivity contribution in [3.8, 4) is 10.6 Å². The fourth-order valence-corrected chi connectivity index (χ4v) is 4.61. The summed E-state index contributed by atoms with van der Waals surface area (Å²) < 4.78 is 42.0. The van der Waals surface area contributed by atoms with Crippen molar-refractivity contribution >= 4 is 38.8 Å². The van der Waals surface area contributed by atoms with E-state index in [1.807, 2.05) is 6.92 Å². The lowest BCUT2D eigenvalue weighted by Gasteiger charge is -2.32. The minimum atomic E-state index is -4.64. The molecule has 4 heterocycles. The van der Waals surface area contributed by atoms with Crippen molar-refractivity contribution in [2.75, 3.05) is 6.54 Å². The standard InChI is InChI=1S/C18H16BrF3N4OS/c1-10-5-2-3-7-25(10)17(27)15-14(19)16-23-11(12-6-4-8-28-12)9-13(18(20,21)22)26(16)24-15/h4,6,8-10H,2-3,5,7H2,1H3/t10-/m1/s1. The van der Waals surface area contributed by atoms with E-state index in [9.17, 15) is 18.0 Å². The van der Waals surface area contributed by atoms with Crippen LogP contribution in [0.2, 0.25) is 0 Å². The molecule has 1 fully saturated rings. The first kappa shape index (κ1) is 19.4. The van der Waals surface area contributed by atoms with Gasteiger partial charge in [0.15, 0.2) is 17.0 Å². The maximum absolute atomic E-state index is 13.7. The lowest BCUT2D eigenvalue weighted by atomic mass is 10.0. The number of carbonyl (C=O) groups excluding carboxylic acids is 1. The number of hydrogen-bond acceptors (Lipinski definition) is 4. The third kappa shape index (κ3) is 3.32. The smallest absolute Gasteiger partial charge is 0.335 e. The molecule has 3 aromatic rings. The molecule has 1 aliphatic rings. The van der Waals surface area contributed by atoms with Crippen LogP contribution in [0.3, 0.4) is 0 Å². The summed E-state index contributed by atoms with van der Waals surface area (Å²) in [6, 6.07) is 4.44. The maximum Gasteiger partial charge on any atom is 0.433 e. The third-order valence-electron chi connectivity index (χ3n) is 4.86. The number of fused-ring (bicyclic) bond motifs is 1. The molecule has 3 aromatic heterocycles. The Bertz CT molecular complexity index is 1030. The number of alkyl halides is 3. The maximum atomic E-state index is 13.7. The van der Waals surface area contributed by atoms with E-state index < -0.39 is 11.9 Å². The zero-order chi connectivity index (χ0) is 20.1. The number of aromatic nitrogens is 3. The fourth-order valence-electron chi connectivity index (χ4n) is 3.42. The zero-order valence-electron chi connectivity index (χ0n) is 14.8. The molecule has 28 heavy (non-hydrogen) atoms. The zero-order valence-corrected chi connectivity index (χ0v) is 17.2. The molecular weight excluding hydrogens is 457 g/mol. The summed E-state index contributed by atoms with van der Waals surface area (Å²) in [5, 5.41) is 5.78. The summed E-state index contributed by atoms with van der Waals surface area (Å²) in [7, 11) is 0. The molecule has 1 saturated heterocycles. The molecule has 0 spiro atoms. The van der Waals surface area contributed by atoms with Gasteiger partial charge < -0.3 is 4.90 Å². The van der Waals surface area contributed by atoms with E-state index in [0.29, 0.717) is 15.9 Å². The molecule has 4 rings (SSSR count). The van der Waals surface area contributed by atoms with Gasteiger partial charge >= 0.3 is 6.18 Å². The first-order valence-corrected chi connectivity index (χ1v) is 10.5. The molecule has 0 unspecified atom stereocenters. The Morgan fingerprint density at radius 3 is 2.79 bits per heavy atom. The van der Waals surface area contributed by atoms with Crippen LogP contribution < -0.4 is 0 Å². The van der Waals surface area contributed by atoms with Gasteiger partial charge in [-0.25, -0.2) is 9.50 Å². The van der Waals surface area contributed by atoms with Gasteiger partial charge in [0.05, 0.1) is 15.0 Å². The molecule has 0 radical (unpaired) electrons. The second-order valence-corrected chi connectivity index (χ2v) is 8.48. The van der Waals surface area contributed by atoms with Gasteiger partial charge in [0.1, 0.15) is 0 Å². The Labute approximate surface area is 171 Å². The molecule has 10 heteroatoms. The number of halogens is 4. The largest absolute Gasteiger partial charge is 0.433 e. The van der Waals surface area contributed by atoms with E-state index in [2.05, 4.69) is 26.0 Å². The number of likely N-dealkylation sites (tertiary alicyclic amines) is 1. The fraction of sp³-hybridized carbons (Fsp3) is 0.389. The van der Waals surface area contributed by atoms with Gasteiger partial charge in [-0.15, -0.1) is 11.3 Å². The van der Waals surface area contributed by atoms with Crippen LogP contribution in [-0.2, 0) is 6.18 Å². The van der Waals surface area contributed by atoms with Gasteiger partial charge in [0, 0.05) is 12.6 Å². The highest BCUT2D eigenvalue weighted by atomic mass is 79.9. The highest BCUT2D eigenvalue weighted by Gasteiger charge is 2.37. The number of thiophene rings is 1. The Balaban J connectivity index is 1.88. The number of amides is 1. The normalized spacial score (nSPS) is 18.0. The van der Waals surface area contributed by atoms with Crippen LogP contribution in [0.1, 0.15) is 42.4 Å². The average molecular weight is 473 g/mol. The molecule has 0 saturated carbocycles. The Morgan fingerprint density at radius 2 is 2.14 bits per heavy atom. The van der Waals surface area contributed by atoms with Crippen molar-refractivity contribution in [2.24, 2.45) is 0 Å². The highest BCUT2D eigenvalue weighted by Crippen LogP contribution is 2.36.